The van der Waals surface area contributed by atoms with Crippen LogP contribution in [0.3, 0.4) is 0 Å². The fourth-order valence-electron chi connectivity index (χ4n) is 2.14. The Kier molecular flexibility index (Phi) is 4.58. The minimum absolute atomic E-state index is 0.192. The summed E-state index contributed by atoms with van der Waals surface area (Å²) in [6.45, 7) is 2.20. The maximum Gasteiger partial charge on any atom is 0.406 e. The summed E-state index contributed by atoms with van der Waals surface area (Å²) in [7, 11) is 0. The highest BCUT2D eigenvalue weighted by atomic mass is 19.4. The number of amides is 1. The second kappa shape index (κ2) is 6.28. The number of nitrogens with one attached hydrogen (secondary N) is 1. The normalized spacial score (nSPS) is 11.3. The smallest absolute Gasteiger partial charge is 0.317 e. The lowest BCUT2D eigenvalue weighted by Crippen LogP contribution is -2.30. The van der Waals surface area contributed by atoms with Crippen molar-refractivity contribution in [3.63, 3.8) is 0 Å². The third-order valence-electron chi connectivity index (χ3n) is 3.47. The second-order valence-corrected chi connectivity index (χ2v) is 5.17. The molecule has 1 heterocycles. The maximum atomic E-state index is 12.4. The largest absolute Gasteiger partial charge is 0.406 e. The zero-order valence-corrected chi connectivity index (χ0v) is 12.6. The van der Waals surface area contributed by atoms with Gasteiger partial charge in [-0.1, -0.05) is 12.1 Å². The average Bonchev–Trinajstić information content (AvgIpc) is 2.44. The van der Waals surface area contributed by atoms with E-state index in [0.29, 0.717) is 10.1 Å². The molecule has 1 aromatic carbocycles. The molecule has 0 aliphatic carbocycles. The Labute approximate surface area is 130 Å². The van der Waals surface area contributed by atoms with Crippen LogP contribution in [0.15, 0.2) is 41.3 Å². The monoisotopic (exact) mass is 324 g/mol. The Morgan fingerprint density at radius 1 is 1.17 bits per heavy atom. The molecule has 0 unspecified atom stereocenters. The van der Waals surface area contributed by atoms with Crippen LogP contribution in [-0.4, -0.2) is 16.7 Å². The van der Waals surface area contributed by atoms with E-state index in [-0.39, 0.29) is 5.69 Å². The van der Waals surface area contributed by atoms with Crippen LogP contribution in [0.1, 0.15) is 21.5 Å². The van der Waals surface area contributed by atoms with Crippen LogP contribution in [0.2, 0.25) is 0 Å². The third kappa shape index (κ3) is 4.00. The van der Waals surface area contributed by atoms with E-state index in [9.17, 15) is 22.8 Å². The van der Waals surface area contributed by atoms with Crippen LogP contribution in [0.5, 0.6) is 0 Å². The van der Waals surface area contributed by atoms with Crippen molar-refractivity contribution in [1.29, 1.82) is 0 Å². The quantitative estimate of drug-likeness (QED) is 0.942. The molecule has 0 saturated heterocycles. The predicted octanol–water partition coefficient (Wildman–Crippen LogP) is 3.28. The first kappa shape index (κ1) is 16.8. The summed E-state index contributed by atoms with van der Waals surface area (Å²) in [5.74, 6) is -0.534. The van der Waals surface area contributed by atoms with Gasteiger partial charge in [-0.05, 0) is 43.2 Å². The number of rotatable bonds is 3. The Balaban J connectivity index is 2.30. The summed E-state index contributed by atoms with van der Waals surface area (Å²) >= 11 is 0. The maximum absolute atomic E-state index is 12.4. The first-order valence-corrected chi connectivity index (χ1v) is 6.83. The van der Waals surface area contributed by atoms with E-state index in [0.717, 1.165) is 17.3 Å². The highest BCUT2D eigenvalue weighted by Gasteiger charge is 2.28. The lowest BCUT2D eigenvalue weighted by atomic mass is 10.0. The lowest BCUT2D eigenvalue weighted by Gasteiger charge is -2.12. The van der Waals surface area contributed by atoms with Crippen LogP contribution in [0.25, 0.3) is 0 Å². The van der Waals surface area contributed by atoms with Crippen LogP contribution < -0.4 is 10.9 Å². The van der Waals surface area contributed by atoms with E-state index in [1.165, 1.54) is 12.1 Å². The first-order valence-electron chi connectivity index (χ1n) is 6.83. The SMILES string of the molecule is Cc1cccc(C(=O)Nc2cccn(CC(F)(F)F)c2=O)c1C. The van der Waals surface area contributed by atoms with Crippen molar-refractivity contribution >= 4 is 11.6 Å². The molecule has 1 N–H and O–H groups in total. The Hall–Kier alpha value is -2.57. The van der Waals surface area contributed by atoms with Crippen LogP contribution in [0.4, 0.5) is 18.9 Å². The van der Waals surface area contributed by atoms with Crippen molar-refractivity contribution in [2.75, 3.05) is 5.32 Å². The van der Waals surface area contributed by atoms with Crippen molar-refractivity contribution in [3.8, 4) is 0 Å². The highest BCUT2D eigenvalue weighted by Crippen LogP contribution is 2.17. The number of carbonyl (C=O) groups is 1. The van der Waals surface area contributed by atoms with Gasteiger partial charge in [-0.25, -0.2) is 0 Å². The van der Waals surface area contributed by atoms with Crippen molar-refractivity contribution in [3.05, 3.63) is 63.6 Å². The molecule has 1 amide bonds. The molecular weight excluding hydrogens is 309 g/mol. The van der Waals surface area contributed by atoms with Gasteiger partial charge in [0.2, 0.25) is 0 Å². The van der Waals surface area contributed by atoms with E-state index in [4.69, 9.17) is 0 Å². The van der Waals surface area contributed by atoms with E-state index < -0.39 is 24.2 Å². The molecule has 2 aromatic rings. The van der Waals surface area contributed by atoms with Gasteiger partial charge in [0, 0.05) is 11.8 Å². The number of hydrogen-bond donors (Lipinski definition) is 1. The second-order valence-electron chi connectivity index (χ2n) is 5.17. The van der Waals surface area contributed by atoms with E-state index in [1.54, 1.807) is 19.1 Å². The first-order chi connectivity index (χ1) is 10.7. The average molecular weight is 324 g/mol. The molecule has 4 nitrogen and oxygen atoms in total. The number of alkyl halides is 3. The third-order valence-corrected chi connectivity index (χ3v) is 3.47. The minimum atomic E-state index is -4.51. The number of nitrogens with zero attached hydrogens (tertiary/aromatic N) is 1. The number of aromatic nitrogens is 1. The summed E-state index contributed by atoms with van der Waals surface area (Å²) in [5.41, 5.74) is 0.929. The molecule has 23 heavy (non-hydrogen) atoms. The van der Waals surface area contributed by atoms with E-state index in [1.807, 2.05) is 13.0 Å². The number of aryl methyl sites for hydroxylation is 1. The fraction of sp³-hybridized carbons (Fsp3) is 0.250. The standard InChI is InChI=1S/C16H15F3N2O2/c1-10-5-3-6-12(11(10)2)14(22)20-13-7-4-8-21(15(13)23)9-16(17,18)19/h3-8H,9H2,1-2H3,(H,20,22). The zero-order valence-electron chi connectivity index (χ0n) is 12.6. The summed E-state index contributed by atoms with van der Waals surface area (Å²) in [6.07, 6.45) is -3.48. The Morgan fingerprint density at radius 2 is 1.87 bits per heavy atom. The van der Waals surface area contributed by atoms with Gasteiger partial charge in [0.25, 0.3) is 11.5 Å². The van der Waals surface area contributed by atoms with Gasteiger partial charge in [-0.3, -0.25) is 9.59 Å². The molecule has 0 radical (unpaired) electrons. The minimum Gasteiger partial charge on any atom is -0.317 e. The Bertz CT molecular complexity index is 795. The number of carbonyl (C=O) groups excluding carboxylic acids is 1. The zero-order chi connectivity index (χ0) is 17.2. The molecule has 1 aromatic heterocycles. The number of anilines is 1. The molecule has 0 saturated carbocycles. The lowest BCUT2D eigenvalue weighted by molar-refractivity contribution is -0.141. The number of halogens is 3. The molecule has 122 valence electrons. The molecule has 0 aliphatic rings. The van der Waals surface area contributed by atoms with Crippen molar-refractivity contribution in [1.82, 2.24) is 4.57 Å². The Morgan fingerprint density at radius 3 is 2.52 bits per heavy atom. The molecule has 0 bridgehead atoms. The summed E-state index contributed by atoms with van der Waals surface area (Å²) < 4.78 is 37.8. The van der Waals surface area contributed by atoms with E-state index >= 15 is 0 Å². The highest BCUT2D eigenvalue weighted by molar-refractivity contribution is 6.05. The van der Waals surface area contributed by atoms with Gasteiger partial charge in [-0.2, -0.15) is 13.2 Å². The summed E-state index contributed by atoms with van der Waals surface area (Å²) in [4.78, 5) is 24.3. The van der Waals surface area contributed by atoms with Crippen LogP contribution in [0, 0.1) is 13.8 Å². The van der Waals surface area contributed by atoms with Gasteiger partial charge in [0.05, 0.1) is 0 Å². The predicted molar refractivity (Wildman–Crippen MR) is 80.6 cm³/mol. The summed E-state index contributed by atoms with van der Waals surface area (Å²) in [6, 6.07) is 7.69. The number of benzene rings is 1. The molecule has 0 spiro atoms. The summed E-state index contributed by atoms with van der Waals surface area (Å²) in [5, 5.41) is 2.38. The molecule has 0 atom stereocenters. The molecule has 0 aliphatic heterocycles. The molecule has 2 rings (SSSR count). The van der Waals surface area contributed by atoms with Gasteiger partial charge < -0.3 is 9.88 Å². The van der Waals surface area contributed by atoms with E-state index in [2.05, 4.69) is 5.32 Å². The van der Waals surface area contributed by atoms with Crippen molar-refractivity contribution < 1.29 is 18.0 Å². The van der Waals surface area contributed by atoms with Gasteiger partial charge in [-0.15, -0.1) is 0 Å². The molecule has 0 fully saturated rings. The van der Waals surface area contributed by atoms with Crippen molar-refractivity contribution in [2.24, 2.45) is 0 Å². The van der Waals surface area contributed by atoms with Gasteiger partial charge in [0.1, 0.15) is 12.2 Å². The number of hydrogen-bond acceptors (Lipinski definition) is 2. The number of pyridine rings is 1. The fourth-order valence-corrected chi connectivity index (χ4v) is 2.14. The molecule has 7 heteroatoms. The van der Waals surface area contributed by atoms with Gasteiger partial charge >= 0.3 is 6.18 Å². The van der Waals surface area contributed by atoms with Crippen LogP contribution >= 0.6 is 0 Å². The van der Waals surface area contributed by atoms with Gasteiger partial charge in [0.15, 0.2) is 0 Å². The topological polar surface area (TPSA) is 51.1 Å². The molecular formula is C16H15F3N2O2. The van der Waals surface area contributed by atoms with Crippen LogP contribution in [-0.2, 0) is 6.54 Å². The van der Waals surface area contributed by atoms with Crippen molar-refractivity contribution in [2.45, 2.75) is 26.6 Å².